The zero-order chi connectivity index (χ0) is 16.6. The Hall–Kier alpha value is -1.36. The molecule has 0 radical (unpaired) electrons. The molecule has 0 aromatic rings. The van der Waals surface area contributed by atoms with Crippen LogP contribution in [0.4, 0.5) is 0 Å². The summed E-state index contributed by atoms with van der Waals surface area (Å²) in [5, 5.41) is 0. The number of likely N-dealkylation sites (N-methyl/N-ethyl adjacent to an activating group) is 1. The number of carbonyl (C=O) groups excluding carboxylic acids is 2. The molecule has 2 bridgehead atoms. The maximum absolute atomic E-state index is 12.6. The van der Waals surface area contributed by atoms with E-state index in [9.17, 15) is 9.59 Å². The average molecular weight is 319 g/mol. The maximum atomic E-state index is 12.6. The van der Waals surface area contributed by atoms with Crippen molar-refractivity contribution in [1.82, 2.24) is 14.7 Å². The molecule has 1 saturated carbocycles. The standard InChI is InChI=1S/C18H29N3O2/c1-13-6-7-14(9-13)18(23)20-11-15-10-16(12-20)21(15)17(22)5-4-8-19(2)3/h4-5,13-16H,6-12H2,1-3H3/b5-4+. The second-order valence-electron chi connectivity index (χ2n) is 7.81. The van der Waals surface area contributed by atoms with Crippen LogP contribution in [0, 0.1) is 11.8 Å². The topological polar surface area (TPSA) is 43.9 Å². The maximum Gasteiger partial charge on any atom is 0.246 e. The minimum absolute atomic E-state index is 0.106. The number of carbonyl (C=O) groups is 2. The molecule has 0 aromatic heterocycles. The lowest BCUT2D eigenvalue weighted by Gasteiger charge is -2.56. The Balaban J connectivity index is 1.52. The van der Waals surface area contributed by atoms with Crippen LogP contribution in [0.15, 0.2) is 12.2 Å². The van der Waals surface area contributed by atoms with Gasteiger partial charge in [0.2, 0.25) is 11.8 Å². The largest absolute Gasteiger partial charge is 0.338 e. The highest BCUT2D eigenvalue weighted by atomic mass is 16.2. The smallest absolute Gasteiger partial charge is 0.246 e. The summed E-state index contributed by atoms with van der Waals surface area (Å²) in [5.74, 6) is 1.35. The van der Waals surface area contributed by atoms with Crippen molar-refractivity contribution in [3.8, 4) is 0 Å². The van der Waals surface area contributed by atoms with Gasteiger partial charge in [0, 0.05) is 31.6 Å². The monoisotopic (exact) mass is 319 g/mol. The van der Waals surface area contributed by atoms with Crippen LogP contribution >= 0.6 is 0 Å². The third-order valence-electron chi connectivity index (χ3n) is 5.53. The van der Waals surface area contributed by atoms with E-state index in [4.69, 9.17) is 0 Å². The van der Waals surface area contributed by atoms with Crippen molar-refractivity contribution in [1.29, 1.82) is 0 Å². The van der Waals surface area contributed by atoms with Gasteiger partial charge in [0.1, 0.15) is 0 Å². The second-order valence-corrected chi connectivity index (χ2v) is 7.81. The van der Waals surface area contributed by atoms with E-state index in [1.165, 1.54) is 6.42 Å². The summed E-state index contributed by atoms with van der Waals surface area (Å²) < 4.78 is 0. The molecular weight excluding hydrogens is 290 g/mol. The number of rotatable bonds is 4. The molecule has 0 spiro atoms. The highest BCUT2D eigenvalue weighted by molar-refractivity contribution is 5.89. The molecular formula is C18H29N3O2. The summed E-state index contributed by atoms with van der Waals surface area (Å²) in [6.45, 7) is 4.47. The summed E-state index contributed by atoms with van der Waals surface area (Å²) in [4.78, 5) is 31.0. The normalized spacial score (nSPS) is 33.4. The van der Waals surface area contributed by atoms with Crippen LogP contribution in [-0.4, -0.2) is 72.3 Å². The van der Waals surface area contributed by atoms with Crippen LogP contribution in [-0.2, 0) is 9.59 Å². The van der Waals surface area contributed by atoms with E-state index in [-0.39, 0.29) is 23.9 Å². The molecule has 3 saturated heterocycles. The molecule has 4 atom stereocenters. The van der Waals surface area contributed by atoms with Gasteiger partial charge in [0.25, 0.3) is 0 Å². The highest BCUT2D eigenvalue weighted by Crippen LogP contribution is 2.36. The van der Waals surface area contributed by atoms with E-state index < -0.39 is 0 Å². The van der Waals surface area contributed by atoms with E-state index in [2.05, 4.69) is 6.92 Å². The van der Waals surface area contributed by atoms with Crippen molar-refractivity contribution in [2.24, 2.45) is 11.8 Å². The van der Waals surface area contributed by atoms with Crippen molar-refractivity contribution in [3.63, 3.8) is 0 Å². The fourth-order valence-corrected chi connectivity index (χ4v) is 4.29. The SMILES string of the molecule is CC1CCC(C(=O)N2CC3CC(C2)N3C(=O)/C=C/CN(C)C)C1. The minimum atomic E-state index is 0.106. The van der Waals surface area contributed by atoms with E-state index in [0.717, 1.165) is 38.9 Å². The van der Waals surface area contributed by atoms with Gasteiger partial charge in [-0.25, -0.2) is 0 Å². The summed E-state index contributed by atoms with van der Waals surface area (Å²) in [6.07, 6.45) is 7.92. The third-order valence-corrected chi connectivity index (χ3v) is 5.53. The number of fused-ring (bicyclic) bond motifs is 2. The van der Waals surface area contributed by atoms with E-state index in [1.54, 1.807) is 6.08 Å². The lowest BCUT2D eigenvalue weighted by Crippen LogP contribution is -2.70. The molecule has 3 heterocycles. The summed E-state index contributed by atoms with van der Waals surface area (Å²) >= 11 is 0. The number of nitrogens with zero attached hydrogens (tertiary/aromatic N) is 3. The number of amides is 2. The van der Waals surface area contributed by atoms with Crippen molar-refractivity contribution < 1.29 is 9.59 Å². The zero-order valence-corrected chi connectivity index (χ0v) is 14.6. The van der Waals surface area contributed by atoms with Gasteiger partial charge in [-0.1, -0.05) is 13.0 Å². The van der Waals surface area contributed by atoms with Crippen molar-refractivity contribution in [3.05, 3.63) is 12.2 Å². The molecule has 5 nitrogen and oxygen atoms in total. The Labute approximate surface area is 139 Å². The third kappa shape index (κ3) is 3.44. The summed E-state index contributed by atoms with van der Waals surface area (Å²) in [7, 11) is 3.97. The predicted octanol–water partition coefficient (Wildman–Crippen LogP) is 1.35. The quantitative estimate of drug-likeness (QED) is 0.735. The first-order valence-electron chi connectivity index (χ1n) is 8.88. The van der Waals surface area contributed by atoms with Gasteiger partial charge in [-0.15, -0.1) is 0 Å². The highest BCUT2D eigenvalue weighted by Gasteiger charge is 2.48. The van der Waals surface area contributed by atoms with Crippen molar-refractivity contribution >= 4 is 11.8 Å². The van der Waals surface area contributed by atoms with Crippen molar-refractivity contribution in [2.75, 3.05) is 33.7 Å². The molecule has 0 aromatic carbocycles. The Morgan fingerprint density at radius 2 is 1.83 bits per heavy atom. The van der Waals surface area contributed by atoms with E-state index in [0.29, 0.717) is 11.8 Å². The molecule has 5 heteroatoms. The Morgan fingerprint density at radius 1 is 1.13 bits per heavy atom. The predicted molar refractivity (Wildman–Crippen MR) is 89.8 cm³/mol. The fourth-order valence-electron chi connectivity index (χ4n) is 4.29. The van der Waals surface area contributed by atoms with Crippen LogP contribution in [0.25, 0.3) is 0 Å². The fraction of sp³-hybridized carbons (Fsp3) is 0.778. The molecule has 1 aliphatic carbocycles. The lowest BCUT2D eigenvalue weighted by atomic mass is 9.86. The molecule has 3 aliphatic heterocycles. The molecule has 4 fully saturated rings. The van der Waals surface area contributed by atoms with Gasteiger partial charge < -0.3 is 14.7 Å². The van der Waals surface area contributed by atoms with Gasteiger partial charge in [-0.2, -0.15) is 0 Å². The summed E-state index contributed by atoms with van der Waals surface area (Å²) in [6, 6.07) is 0.459. The van der Waals surface area contributed by atoms with Crippen LogP contribution < -0.4 is 0 Å². The number of hydrogen-bond donors (Lipinski definition) is 0. The number of piperidine rings is 1. The van der Waals surface area contributed by atoms with Crippen LogP contribution in [0.3, 0.4) is 0 Å². The zero-order valence-electron chi connectivity index (χ0n) is 14.6. The molecule has 128 valence electrons. The first-order chi connectivity index (χ1) is 11.0. The average Bonchev–Trinajstić information content (AvgIpc) is 2.92. The van der Waals surface area contributed by atoms with Gasteiger partial charge in [0.15, 0.2) is 0 Å². The van der Waals surface area contributed by atoms with Crippen LogP contribution in [0.1, 0.15) is 32.6 Å². The molecule has 23 heavy (non-hydrogen) atoms. The Kier molecular flexibility index (Phi) is 4.76. The minimum Gasteiger partial charge on any atom is -0.338 e. The Bertz CT molecular complexity index is 490. The Morgan fingerprint density at radius 3 is 2.39 bits per heavy atom. The lowest BCUT2D eigenvalue weighted by molar-refractivity contribution is -0.158. The first kappa shape index (κ1) is 16.5. The first-order valence-corrected chi connectivity index (χ1v) is 8.88. The molecule has 4 aliphatic rings. The second kappa shape index (κ2) is 6.63. The summed E-state index contributed by atoms with van der Waals surface area (Å²) in [5.41, 5.74) is 0. The van der Waals surface area contributed by atoms with Gasteiger partial charge in [0.05, 0.1) is 12.1 Å². The van der Waals surface area contributed by atoms with Gasteiger partial charge in [-0.3, -0.25) is 9.59 Å². The number of piperazine rings is 1. The van der Waals surface area contributed by atoms with E-state index >= 15 is 0 Å². The molecule has 0 N–H and O–H groups in total. The molecule has 2 amide bonds. The van der Waals surface area contributed by atoms with Crippen LogP contribution in [0.5, 0.6) is 0 Å². The van der Waals surface area contributed by atoms with Crippen LogP contribution in [0.2, 0.25) is 0 Å². The molecule has 4 unspecified atom stereocenters. The van der Waals surface area contributed by atoms with Gasteiger partial charge >= 0.3 is 0 Å². The van der Waals surface area contributed by atoms with Gasteiger partial charge in [-0.05, 0) is 45.7 Å². The molecule has 4 rings (SSSR count). The van der Waals surface area contributed by atoms with Crippen molar-refractivity contribution in [2.45, 2.75) is 44.7 Å². The van der Waals surface area contributed by atoms with E-state index in [1.807, 2.05) is 34.9 Å². The number of hydrogen-bond acceptors (Lipinski definition) is 3.